The highest BCUT2D eigenvalue weighted by atomic mass is 16.3. The van der Waals surface area contributed by atoms with Gasteiger partial charge >= 0.3 is 6.03 Å². The van der Waals surface area contributed by atoms with E-state index in [0.717, 1.165) is 0 Å². The third kappa shape index (κ3) is 8.44. The van der Waals surface area contributed by atoms with Gasteiger partial charge in [-0.2, -0.15) is 0 Å². The fraction of sp³-hybridized carbons (Fsp3) is 0.769. The zero-order valence-corrected chi connectivity index (χ0v) is 14.4. The van der Waals surface area contributed by atoms with Gasteiger partial charge in [-0.25, -0.2) is 4.79 Å². The Morgan fingerprint density at radius 2 is 1.52 bits per heavy atom. The first-order chi connectivity index (χ1) is 12.4. The number of amides is 4. The maximum atomic E-state index is 11.9. The minimum atomic E-state index is -2.17. The average molecular weight is 396 g/mol. The van der Waals surface area contributed by atoms with Crippen molar-refractivity contribution in [3.05, 3.63) is 0 Å². The average Bonchev–Trinajstić information content (AvgIpc) is 2.61. The van der Waals surface area contributed by atoms with Gasteiger partial charge in [-0.1, -0.05) is 0 Å². The van der Waals surface area contributed by atoms with Crippen molar-refractivity contribution in [1.29, 1.82) is 0 Å². The first-order valence-electron chi connectivity index (χ1n) is 7.89. The number of nitrogens with one attached hydrogen (secondary N) is 2. The van der Waals surface area contributed by atoms with Crippen LogP contribution in [0.15, 0.2) is 0 Å². The summed E-state index contributed by atoms with van der Waals surface area (Å²) in [5.74, 6) is -2.31. The summed E-state index contributed by atoms with van der Waals surface area (Å²) in [6.07, 6.45) is -7.54. The maximum Gasteiger partial charge on any atom is 0.312 e. The van der Waals surface area contributed by atoms with Crippen molar-refractivity contribution in [2.24, 2.45) is 22.9 Å². The van der Waals surface area contributed by atoms with E-state index in [1.807, 2.05) is 10.6 Å². The molecule has 7 atom stereocenters. The third-order valence-electron chi connectivity index (χ3n) is 3.76. The van der Waals surface area contributed by atoms with Gasteiger partial charge in [0, 0.05) is 13.0 Å². The van der Waals surface area contributed by atoms with E-state index in [1.165, 1.54) is 0 Å². The smallest absolute Gasteiger partial charge is 0.312 e. The Hall–Kier alpha value is -2.07. The van der Waals surface area contributed by atoms with Crippen LogP contribution in [0.4, 0.5) is 4.79 Å². The van der Waals surface area contributed by atoms with E-state index in [-0.39, 0.29) is 0 Å². The number of hydrogen-bond acceptors (Lipinski definition) is 10. The van der Waals surface area contributed by atoms with E-state index in [9.17, 15) is 34.8 Å². The molecular weight excluding hydrogens is 368 g/mol. The van der Waals surface area contributed by atoms with Crippen LogP contribution in [-0.2, 0) is 9.59 Å². The van der Waals surface area contributed by atoms with Crippen molar-refractivity contribution < 1.29 is 39.9 Å². The molecule has 14 nitrogen and oxygen atoms in total. The number of urea groups is 1. The topological polar surface area (TPSA) is 280 Å². The molecule has 4 unspecified atom stereocenters. The van der Waals surface area contributed by atoms with Crippen molar-refractivity contribution >= 4 is 17.8 Å². The summed E-state index contributed by atoms with van der Waals surface area (Å²) in [7, 11) is 0. The Morgan fingerprint density at radius 1 is 0.963 bits per heavy atom. The number of hydrogen-bond donors (Lipinski definition) is 11. The van der Waals surface area contributed by atoms with Crippen molar-refractivity contribution in [1.82, 2.24) is 10.6 Å². The number of aliphatic hydroxyl groups excluding tert-OH is 5. The van der Waals surface area contributed by atoms with Crippen LogP contribution >= 0.6 is 0 Å². The minimum absolute atomic E-state index is 0.444. The summed E-state index contributed by atoms with van der Waals surface area (Å²) in [4.78, 5) is 33.8. The van der Waals surface area contributed by atoms with Crippen LogP contribution in [0.1, 0.15) is 6.42 Å². The Balaban J connectivity index is 4.82. The minimum Gasteiger partial charge on any atom is -0.395 e. The predicted octanol–water partition coefficient (Wildman–Crippen LogP) is -6.89. The summed E-state index contributed by atoms with van der Waals surface area (Å²) in [6.45, 7) is -1.02. The Morgan fingerprint density at radius 3 is 1.96 bits per heavy atom. The lowest BCUT2D eigenvalue weighted by molar-refractivity contribution is -0.140. The lowest BCUT2D eigenvalue weighted by atomic mass is 9.94. The molecular formula is C13H28N6O8. The highest BCUT2D eigenvalue weighted by Crippen LogP contribution is 2.10. The second-order valence-electron chi connectivity index (χ2n) is 5.94. The molecule has 27 heavy (non-hydrogen) atoms. The van der Waals surface area contributed by atoms with E-state index < -0.39 is 80.0 Å². The van der Waals surface area contributed by atoms with Gasteiger partial charge in [-0.05, 0) is 0 Å². The zero-order valence-electron chi connectivity index (χ0n) is 14.4. The van der Waals surface area contributed by atoms with Crippen molar-refractivity contribution in [3.8, 4) is 0 Å². The highest BCUT2D eigenvalue weighted by molar-refractivity contribution is 5.89. The molecule has 0 radical (unpaired) electrons. The van der Waals surface area contributed by atoms with Crippen LogP contribution in [0.25, 0.3) is 0 Å². The number of rotatable bonds is 12. The molecule has 0 saturated carbocycles. The number of aliphatic hydroxyl groups is 5. The molecule has 0 aromatic heterocycles. The van der Waals surface area contributed by atoms with Crippen LogP contribution in [0, 0.1) is 0 Å². The number of nitrogens with two attached hydrogens (primary N) is 4. The monoisotopic (exact) mass is 396 g/mol. The van der Waals surface area contributed by atoms with Gasteiger partial charge in [0.1, 0.15) is 12.1 Å². The lowest BCUT2D eigenvalue weighted by Gasteiger charge is -2.29. The summed E-state index contributed by atoms with van der Waals surface area (Å²) in [5, 5.41) is 52.2. The van der Waals surface area contributed by atoms with E-state index >= 15 is 0 Å². The summed E-state index contributed by atoms with van der Waals surface area (Å²) < 4.78 is 0. The molecule has 158 valence electrons. The summed E-state index contributed by atoms with van der Waals surface area (Å²) in [6, 6.07) is -5.06. The maximum absolute atomic E-state index is 11.9. The third-order valence-corrected chi connectivity index (χ3v) is 3.76. The van der Waals surface area contributed by atoms with E-state index in [2.05, 4.69) is 0 Å². The van der Waals surface area contributed by atoms with Crippen molar-refractivity contribution in [2.45, 2.75) is 49.0 Å². The Labute approximate surface area is 154 Å². The quantitative estimate of drug-likeness (QED) is 0.148. The SMILES string of the molecule is NC(=O)NCC(NC(=O)[C@@H](O)[C@H](O)[C@H](N)C(O)CC(O)C(N)CO)C(N)=O. The van der Waals surface area contributed by atoms with Gasteiger partial charge in [0.05, 0.1) is 30.9 Å². The molecule has 0 saturated heterocycles. The molecule has 0 spiro atoms. The summed E-state index contributed by atoms with van der Waals surface area (Å²) in [5.41, 5.74) is 20.8. The zero-order chi connectivity index (χ0) is 21.3. The lowest BCUT2D eigenvalue weighted by Crippen LogP contribution is -2.59. The number of carbonyl (C=O) groups excluding carboxylic acids is 3. The molecule has 0 aliphatic carbocycles. The van der Waals surface area contributed by atoms with E-state index in [0.29, 0.717) is 0 Å². The van der Waals surface area contributed by atoms with Crippen LogP contribution in [0.3, 0.4) is 0 Å². The molecule has 15 N–H and O–H groups in total. The molecule has 0 heterocycles. The fourth-order valence-corrected chi connectivity index (χ4v) is 1.98. The van der Waals surface area contributed by atoms with Gasteiger partial charge in [-0.3, -0.25) is 9.59 Å². The molecule has 0 aliphatic heterocycles. The van der Waals surface area contributed by atoms with Gasteiger partial charge < -0.3 is 59.1 Å². The molecule has 4 amide bonds. The summed E-state index contributed by atoms with van der Waals surface area (Å²) >= 11 is 0. The largest absolute Gasteiger partial charge is 0.395 e. The van der Waals surface area contributed by atoms with E-state index in [1.54, 1.807) is 0 Å². The van der Waals surface area contributed by atoms with Gasteiger partial charge in [0.25, 0.3) is 5.91 Å². The second-order valence-corrected chi connectivity index (χ2v) is 5.94. The molecule has 0 rings (SSSR count). The first kappa shape index (κ1) is 24.9. The molecule has 0 aromatic carbocycles. The Kier molecular flexibility index (Phi) is 10.7. The predicted molar refractivity (Wildman–Crippen MR) is 90.4 cm³/mol. The Bertz CT molecular complexity index is 509. The normalized spacial score (nSPS) is 19.1. The first-order valence-corrected chi connectivity index (χ1v) is 7.89. The fourth-order valence-electron chi connectivity index (χ4n) is 1.98. The second kappa shape index (κ2) is 11.6. The molecule has 0 aromatic rings. The van der Waals surface area contributed by atoms with Crippen LogP contribution in [-0.4, -0.2) is 99.1 Å². The van der Waals surface area contributed by atoms with Crippen molar-refractivity contribution in [3.63, 3.8) is 0 Å². The van der Waals surface area contributed by atoms with Crippen LogP contribution < -0.4 is 33.6 Å². The highest BCUT2D eigenvalue weighted by Gasteiger charge is 2.35. The van der Waals surface area contributed by atoms with Crippen LogP contribution in [0.2, 0.25) is 0 Å². The van der Waals surface area contributed by atoms with Gasteiger partial charge in [0.15, 0.2) is 6.10 Å². The molecule has 0 fully saturated rings. The number of carbonyl (C=O) groups is 3. The van der Waals surface area contributed by atoms with Crippen molar-refractivity contribution in [2.75, 3.05) is 13.2 Å². The van der Waals surface area contributed by atoms with Crippen LogP contribution in [0.5, 0.6) is 0 Å². The number of primary amides is 2. The van der Waals surface area contributed by atoms with Gasteiger partial charge in [0.2, 0.25) is 5.91 Å². The molecule has 0 bridgehead atoms. The molecule has 14 heteroatoms. The standard InChI is InChI=1S/C13H28N6O8/c14-4(3-20)6(21)1-7(22)8(15)9(23)10(24)12(26)19-5(11(16)25)2-18-13(17)27/h4-10,20-24H,1-3,14-15H2,(H2,16,25)(H,19,26)(H3,17,18,27)/t4?,5?,6?,7?,8-,9-,10+/m1/s1. The van der Waals surface area contributed by atoms with Gasteiger partial charge in [-0.15, -0.1) is 0 Å². The molecule has 0 aliphatic rings. The van der Waals surface area contributed by atoms with E-state index in [4.69, 9.17) is 28.0 Å².